The lowest BCUT2D eigenvalue weighted by atomic mass is 9.83. The van der Waals surface area contributed by atoms with Crippen LogP contribution in [0, 0.1) is 0 Å². The van der Waals surface area contributed by atoms with Gasteiger partial charge in [-0.3, -0.25) is 0 Å². The Hall–Kier alpha value is -1.55. The first-order valence-electron chi connectivity index (χ1n) is 6.96. The molecule has 0 bridgehead atoms. The van der Waals surface area contributed by atoms with Crippen molar-refractivity contribution in [3.05, 3.63) is 35.9 Å². The maximum Gasteiger partial charge on any atom is 0.312 e. The van der Waals surface area contributed by atoms with Crippen molar-refractivity contribution >= 4 is 6.03 Å². The zero-order valence-corrected chi connectivity index (χ0v) is 11.7. The first-order valence-corrected chi connectivity index (χ1v) is 6.96. The van der Waals surface area contributed by atoms with Crippen molar-refractivity contribution in [2.24, 2.45) is 11.5 Å². The summed E-state index contributed by atoms with van der Waals surface area (Å²) in [5.74, 6) is 0. The van der Waals surface area contributed by atoms with Crippen LogP contribution in [0.5, 0.6) is 0 Å². The van der Waals surface area contributed by atoms with E-state index >= 15 is 0 Å². The van der Waals surface area contributed by atoms with Crippen molar-refractivity contribution in [3.63, 3.8) is 0 Å². The van der Waals surface area contributed by atoms with Crippen LogP contribution < -0.4 is 16.8 Å². The van der Waals surface area contributed by atoms with Crippen molar-refractivity contribution in [1.82, 2.24) is 5.32 Å². The number of unbranched alkanes of at least 4 members (excludes halogenated alkanes) is 2. The molecule has 0 heterocycles. The van der Waals surface area contributed by atoms with Crippen LogP contribution in [0.15, 0.2) is 30.3 Å². The summed E-state index contributed by atoms with van der Waals surface area (Å²) in [5, 5.41) is 2.62. The highest BCUT2D eigenvalue weighted by Gasteiger charge is 2.26. The van der Waals surface area contributed by atoms with Gasteiger partial charge in [0.05, 0.1) is 0 Å². The summed E-state index contributed by atoms with van der Waals surface area (Å²) in [7, 11) is 0. The van der Waals surface area contributed by atoms with E-state index in [0.717, 1.165) is 18.4 Å². The number of carbonyl (C=O) groups excluding carboxylic acids is 1. The predicted molar refractivity (Wildman–Crippen MR) is 78.7 cm³/mol. The molecule has 0 aromatic heterocycles. The summed E-state index contributed by atoms with van der Waals surface area (Å²) in [6.45, 7) is 2.68. The van der Waals surface area contributed by atoms with Gasteiger partial charge in [-0.05, 0) is 18.4 Å². The third-order valence-electron chi connectivity index (χ3n) is 3.45. The van der Waals surface area contributed by atoms with Crippen LogP contribution in [-0.2, 0) is 5.54 Å². The lowest BCUT2D eigenvalue weighted by molar-refractivity contribution is 0.247. The van der Waals surface area contributed by atoms with Gasteiger partial charge in [0.2, 0.25) is 0 Å². The molecular weight excluding hydrogens is 238 g/mol. The summed E-state index contributed by atoms with van der Waals surface area (Å²) in [6.07, 6.45) is 5.06. The number of hydrogen-bond acceptors (Lipinski definition) is 2. The molecule has 0 fully saturated rings. The molecule has 1 aromatic carbocycles. The fourth-order valence-corrected chi connectivity index (χ4v) is 2.28. The van der Waals surface area contributed by atoms with Crippen LogP contribution in [0.25, 0.3) is 0 Å². The van der Waals surface area contributed by atoms with Crippen LogP contribution >= 0.6 is 0 Å². The van der Waals surface area contributed by atoms with Crippen LogP contribution in [-0.4, -0.2) is 12.6 Å². The van der Waals surface area contributed by atoms with E-state index in [1.807, 2.05) is 18.2 Å². The molecule has 2 amide bonds. The Morgan fingerprint density at radius 3 is 2.47 bits per heavy atom. The summed E-state index contributed by atoms with van der Waals surface area (Å²) in [4.78, 5) is 10.8. The largest absolute Gasteiger partial charge is 0.352 e. The minimum absolute atomic E-state index is 0.390. The second kappa shape index (κ2) is 7.79. The van der Waals surface area contributed by atoms with Crippen molar-refractivity contribution in [3.8, 4) is 0 Å². The van der Waals surface area contributed by atoms with Gasteiger partial charge in [0, 0.05) is 12.1 Å². The van der Waals surface area contributed by atoms with Gasteiger partial charge in [-0.25, -0.2) is 4.79 Å². The summed E-state index contributed by atoms with van der Waals surface area (Å²) in [6, 6.07) is 9.59. The molecule has 0 aliphatic rings. The third kappa shape index (κ3) is 5.30. The quantitative estimate of drug-likeness (QED) is 0.630. The van der Waals surface area contributed by atoms with Crippen LogP contribution in [0.3, 0.4) is 0 Å². The molecule has 1 rings (SSSR count). The smallest absolute Gasteiger partial charge is 0.312 e. The summed E-state index contributed by atoms with van der Waals surface area (Å²) < 4.78 is 0. The van der Waals surface area contributed by atoms with E-state index in [1.54, 1.807) is 0 Å². The molecular formula is C15H25N3O. The van der Waals surface area contributed by atoms with Gasteiger partial charge in [-0.15, -0.1) is 0 Å². The highest BCUT2D eigenvalue weighted by Crippen LogP contribution is 2.28. The van der Waals surface area contributed by atoms with Gasteiger partial charge < -0.3 is 16.8 Å². The van der Waals surface area contributed by atoms with Crippen molar-refractivity contribution < 1.29 is 4.79 Å². The predicted octanol–water partition coefficient (Wildman–Crippen LogP) is 2.48. The number of urea groups is 1. The van der Waals surface area contributed by atoms with Gasteiger partial charge in [0.15, 0.2) is 0 Å². The molecule has 0 aliphatic heterocycles. The lowest BCUT2D eigenvalue weighted by Gasteiger charge is -2.30. The number of amides is 2. The number of rotatable bonds is 8. The molecule has 1 atom stereocenters. The van der Waals surface area contributed by atoms with Gasteiger partial charge in [0.1, 0.15) is 0 Å². The number of carbonyl (C=O) groups is 1. The average Bonchev–Trinajstić information content (AvgIpc) is 2.40. The standard InChI is InChI=1S/C15H25N3O/c1-2-3-7-10-15(17,11-12-18-14(16)19)13-8-5-4-6-9-13/h4-6,8-9H,2-3,7,10-12,17H2,1H3,(H3,16,18,19). The summed E-state index contributed by atoms with van der Waals surface area (Å²) in [5.41, 5.74) is 12.4. The minimum Gasteiger partial charge on any atom is -0.352 e. The monoisotopic (exact) mass is 263 g/mol. The molecule has 0 spiro atoms. The first kappa shape index (κ1) is 15.5. The van der Waals surface area contributed by atoms with Crippen LogP contribution in [0.2, 0.25) is 0 Å². The molecule has 106 valence electrons. The lowest BCUT2D eigenvalue weighted by Crippen LogP contribution is -2.41. The number of nitrogens with two attached hydrogens (primary N) is 2. The molecule has 0 radical (unpaired) electrons. The van der Waals surface area contributed by atoms with Gasteiger partial charge in [-0.1, -0.05) is 56.5 Å². The van der Waals surface area contributed by atoms with E-state index in [9.17, 15) is 4.79 Å². The van der Waals surface area contributed by atoms with E-state index in [0.29, 0.717) is 13.0 Å². The highest BCUT2D eigenvalue weighted by molar-refractivity contribution is 5.71. The van der Waals surface area contributed by atoms with Gasteiger partial charge >= 0.3 is 6.03 Å². The molecule has 0 saturated carbocycles. The Morgan fingerprint density at radius 1 is 1.21 bits per heavy atom. The minimum atomic E-state index is -0.496. The zero-order chi connectivity index (χ0) is 14.1. The summed E-state index contributed by atoms with van der Waals surface area (Å²) >= 11 is 0. The molecule has 1 unspecified atom stereocenters. The van der Waals surface area contributed by atoms with E-state index < -0.39 is 11.6 Å². The maximum atomic E-state index is 10.8. The molecule has 19 heavy (non-hydrogen) atoms. The van der Waals surface area contributed by atoms with E-state index in [2.05, 4.69) is 24.4 Å². The molecule has 1 aromatic rings. The zero-order valence-electron chi connectivity index (χ0n) is 11.7. The number of benzene rings is 1. The van der Waals surface area contributed by atoms with Crippen molar-refractivity contribution in [1.29, 1.82) is 0 Å². The number of nitrogens with one attached hydrogen (secondary N) is 1. The normalized spacial score (nSPS) is 13.8. The molecule has 4 nitrogen and oxygen atoms in total. The van der Waals surface area contributed by atoms with Gasteiger partial charge in [-0.2, -0.15) is 0 Å². The number of primary amides is 1. The Bertz CT molecular complexity index is 380. The van der Waals surface area contributed by atoms with E-state index in [4.69, 9.17) is 11.5 Å². The first-order chi connectivity index (χ1) is 9.08. The van der Waals surface area contributed by atoms with E-state index in [1.165, 1.54) is 12.8 Å². The SMILES string of the molecule is CCCCCC(N)(CCNC(N)=O)c1ccccc1. The Balaban J connectivity index is 2.69. The van der Waals surface area contributed by atoms with Crippen LogP contribution in [0.1, 0.15) is 44.6 Å². The average molecular weight is 263 g/mol. The van der Waals surface area contributed by atoms with Crippen molar-refractivity contribution in [2.45, 2.75) is 44.6 Å². The highest BCUT2D eigenvalue weighted by atomic mass is 16.2. The van der Waals surface area contributed by atoms with E-state index in [-0.39, 0.29) is 0 Å². The Labute approximate surface area is 115 Å². The molecule has 0 saturated heterocycles. The fourth-order valence-electron chi connectivity index (χ4n) is 2.28. The number of hydrogen-bond donors (Lipinski definition) is 3. The van der Waals surface area contributed by atoms with Crippen LogP contribution in [0.4, 0.5) is 4.79 Å². The third-order valence-corrected chi connectivity index (χ3v) is 3.45. The maximum absolute atomic E-state index is 10.8. The molecule has 0 aliphatic carbocycles. The topological polar surface area (TPSA) is 81.1 Å². The molecule has 5 N–H and O–H groups in total. The molecule has 4 heteroatoms. The van der Waals surface area contributed by atoms with Crippen molar-refractivity contribution in [2.75, 3.05) is 6.54 Å². The fraction of sp³-hybridized carbons (Fsp3) is 0.533. The second-order valence-electron chi connectivity index (χ2n) is 5.02. The van der Waals surface area contributed by atoms with Gasteiger partial charge in [0.25, 0.3) is 0 Å². The Kier molecular flexibility index (Phi) is 6.36. The second-order valence-corrected chi connectivity index (χ2v) is 5.02. The Morgan fingerprint density at radius 2 is 1.89 bits per heavy atom.